The van der Waals surface area contributed by atoms with Gasteiger partial charge < -0.3 is 14.4 Å². The molecule has 3 aromatic rings. The van der Waals surface area contributed by atoms with Crippen LogP contribution in [0.5, 0.6) is 11.5 Å². The highest BCUT2D eigenvalue weighted by atomic mass is 35.5. The summed E-state index contributed by atoms with van der Waals surface area (Å²) in [4.78, 5) is 32.3. The Kier molecular flexibility index (Phi) is 8.62. The first kappa shape index (κ1) is 25.6. The number of nitrogens with zero attached hydrogens (tertiary/aromatic N) is 4. The third-order valence-corrected chi connectivity index (χ3v) is 5.86. The number of ether oxygens (including phenoxy) is 2. The Labute approximate surface area is 200 Å². The molecule has 0 radical (unpaired) electrons. The number of aromatic nitrogens is 1. The highest BCUT2D eigenvalue weighted by molar-refractivity contribution is 7.22. The number of thiazole rings is 1. The number of carbonyl (C=O) groups excluding carboxylic acids is 1. The van der Waals surface area contributed by atoms with Crippen molar-refractivity contribution in [1.29, 1.82) is 0 Å². The second-order valence-corrected chi connectivity index (χ2v) is 8.24. The van der Waals surface area contributed by atoms with Crippen LogP contribution in [0.1, 0.15) is 10.4 Å². The molecule has 0 saturated heterocycles. The van der Waals surface area contributed by atoms with Gasteiger partial charge in [0.25, 0.3) is 11.6 Å². The number of hydrogen-bond acceptors (Lipinski definition) is 8. The predicted molar refractivity (Wildman–Crippen MR) is 128 cm³/mol. The van der Waals surface area contributed by atoms with Gasteiger partial charge in [0, 0.05) is 24.2 Å². The van der Waals surface area contributed by atoms with Crippen LogP contribution < -0.4 is 14.4 Å². The fourth-order valence-electron chi connectivity index (χ4n) is 2.96. The summed E-state index contributed by atoms with van der Waals surface area (Å²) in [6.07, 6.45) is 0. The van der Waals surface area contributed by atoms with Gasteiger partial charge >= 0.3 is 0 Å². The molecule has 1 heterocycles. The number of benzene rings is 2. The van der Waals surface area contributed by atoms with Crippen LogP contribution in [0.4, 0.5) is 10.8 Å². The topological polar surface area (TPSA) is 98.0 Å². The van der Waals surface area contributed by atoms with Crippen molar-refractivity contribution in [3.8, 4) is 11.5 Å². The molecule has 12 heteroatoms. The van der Waals surface area contributed by atoms with E-state index in [0.29, 0.717) is 33.4 Å². The summed E-state index contributed by atoms with van der Waals surface area (Å²) in [6, 6.07) is 7.41. The van der Waals surface area contributed by atoms with Crippen LogP contribution in [-0.4, -0.2) is 62.1 Å². The van der Waals surface area contributed by atoms with E-state index >= 15 is 0 Å². The number of nitro groups is 1. The highest BCUT2D eigenvalue weighted by Gasteiger charge is 2.29. The third-order valence-electron chi connectivity index (χ3n) is 4.53. The largest absolute Gasteiger partial charge is 0.495 e. The number of methoxy groups -OCH3 is 2. The van der Waals surface area contributed by atoms with Gasteiger partial charge in [0.1, 0.15) is 27.3 Å². The molecule has 0 aliphatic heterocycles. The molecule has 0 bridgehead atoms. The predicted octanol–water partition coefficient (Wildman–Crippen LogP) is 4.51. The first-order valence-electron chi connectivity index (χ1n) is 9.18. The second kappa shape index (κ2) is 10.8. The Morgan fingerprint density at radius 2 is 1.81 bits per heavy atom. The van der Waals surface area contributed by atoms with Gasteiger partial charge in [-0.3, -0.25) is 19.8 Å². The zero-order valence-electron chi connectivity index (χ0n) is 17.8. The lowest BCUT2D eigenvalue weighted by Crippen LogP contribution is -2.37. The Balaban J connectivity index is 0.00000363. The van der Waals surface area contributed by atoms with Crippen molar-refractivity contribution in [1.82, 2.24) is 9.88 Å². The van der Waals surface area contributed by atoms with E-state index in [1.807, 2.05) is 19.0 Å². The van der Waals surface area contributed by atoms with Gasteiger partial charge in [-0.05, 0) is 38.4 Å². The lowest BCUT2D eigenvalue weighted by molar-refractivity contribution is -0.385. The fraction of sp³-hybridized carbons (Fsp3) is 0.300. The highest BCUT2D eigenvalue weighted by Crippen LogP contribution is 2.40. The van der Waals surface area contributed by atoms with Gasteiger partial charge in [0.15, 0.2) is 5.13 Å². The molecular weight excluding hydrogens is 479 g/mol. The molecule has 0 spiro atoms. The quantitative estimate of drug-likeness (QED) is 0.331. The van der Waals surface area contributed by atoms with Crippen molar-refractivity contribution in [3.63, 3.8) is 0 Å². The van der Waals surface area contributed by atoms with Crippen molar-refractivity contribution in [2.45, 2.75) is 0 Å². The SMILES string of the molecule is COc1ccc(OC)c2sc(N(CCN(C)C)C(=O)c3cc(Cl)ccc3[N+](=O)[O-])nc12.Cl. The van der Waals surface area contributed by atoms with Crippen molar-refractivity contribution < 1.29 is 19.2 Å². The molecule has 0 N–H and O–H groups in total. The number of amides is 1. The summed E-state index contributed by atoms with van der Waals surface area (Å²) in [6.45, 7) is 0.782. The number of anilines is 1. The minimum absolute atomic E-state index is 0. The van der Waals surface area contributed by atoms with Crippen LogP contribution in [0.2, 0.25) is 5.02 Å². The fourth-order valence-corrected chi connectivity index (χ4v) is 4.23. The summed E-state index contributed by atoms with van der Waals surface area (Å²) >= 11 is 7.29. The lowest BCUT2D eigenvalue weighted by Gasteiger charge is -2.22. The van der Waals surface area contributed by atoms with Crippen LogP contribution >= 0.6 is 35.3 Å². The van der Waals surface area contributed by atoms with Crippen LogP contribution in [-0.2, 0) is 0 Å². The number of hydrogen-bond donors (Lipinski definition) is 0. The monoisotopic (exact) mass is 500 g/mol. The average molecular weight is 501 g/mol. The molecule has 2 aromatic carbocycles. The summed E-state index contributed by atoms with van der Waals surface area (Å²) in [7, 11) is 6.82. The van der Waals surface area contributed by atoms with E-state index in [2.05, 4.69) is 4.98 Å². The molecule has 9 nitrogen and oxygen atoms in total. The van der Waals surface area contributed by atoms with Crippen LogP contribution in [0, 0.1) is 10.1 Å². The van der Waals surface area contributed by atoms with E-state index < -0.39 is 10.8 Å². The molecular formula is C20H22Cl2N4O5S. The van der Waals surface area contributed by atoms with Crippen LogP contribution in [0.15, 0.2) is 30.3 Å². The van der Waals surface area contributed by atoms with Gasteiger partial charge in [-0.1, -0.05) is 22.9 Å². The van der Waals surface area contributed by atoms with Gasteiger partial charge in [-0.2, -0.15) is 0 Å². The number of nitro benzene ring substituents is 1. The molecule has 3 rings (SSSR count). The van der Waals surface area contributed by atoms with Crippen molar-refractivity contribution in [2.24, 2.45) is 0 Å². The number of carbonyl (C=O) groups is 1. The Bertz CT molecular complexity index is 1100. The van der Waals surface area contributed by atoms with E-state index in [-0.39, 0.29) is 35.2 Å². The second-order valence-electron chi connectivity index (χ2n) is 6.82. The summed E-state index contributed by atoms with van der Waals surface area (Å²) in [5, 5.41) is 12.1. The smallest absolute Gasteiger partial charge is 0.282 e. The number of rotatable bonds is 8. The number of likely N-dealkylation sites (N-methyl/N-ethyl adjacent to an activating group) is 1. The minimum atomic E-state index is -0.599. The van der Waals surface area contributed by atoms with Crippen molar-refractivity contribution >= 4 is 62.3 Å². The van der Waals surface area contributed by atoms with Crippen LogP contribution in [0.25, 0.3) is 10.2 Å². The maximum Gasteiger partial charge on any atom is 0.282 e. The molecule has 1 amide bonds. The number of halogens is 2. The number of fused-ring (bicyclic) bond motifs is 1. The maximum atomic E-state index is 13.5. The molecule has 0 atom stereocenters. The van der Waals surface area contributed by atoms with Gasteiger partial charge in [-0.15, -0.1) is 12.4 Å². The van der Waals surface area contributed by atoms with E-state index in [4.69, 9.17) is 21.1 Å². The Hall–Kier alpha value is -2.66. The van der Waals surface area contributed by atoms with E-state index in [1.54, 1.807) is 19.2 Å². The normalized spacial score (nSPS) is 10.7. The zero-order chi connectivity index (χ0) is 22.7. The van der Waals surface area contributed by atoms with E-state index in [0.717, 1.165) is 0 Å². The van der Waals surface area contributed by atoms with Gasteiger partial charge in [-0.25, -0.2) is 4.98 Å². The van der Waals surface area contributed by atoms with Crippen molar-refractivity contribution in [2.75, 3.05) is 46.3 Å². The zero-order valence-corrected chi connectivity index (χ0v) is 20.2. The molecule has 0 aliphatic carbocycles. The van der Waals surface area contributed by atoms with E-state index in [9.17, 15) is 14.9 Å². The molecule has 0 aliphatic rings. The average Bonchev–Trinajstić information content (AvgIpc) is 3.17. The summed E-state index contributed by atoms with van der Waals surface area (Å²) in [5.41, 5.74) is 0.125. The molecule has 0 unspecified atom stereocenters. The molecule has 172 valence electrons. The molecule has 0 fully saturated rings. The van der Waals surface area contributed by atoms with Gasteiger partial charge in [0.05, 0.1) is 19.1 Å². The summed E-state index contributed by atoms with van der Waals surface area (Å²) < 4.78 is 11.5. The van der Waals surface area contributed by atoms with Crippen molar-refractivity contribution in [3.05, 3.63) is 51.0 Å². The minimum Gasteiger partial charge on any atom is -0.495 e. The van der Waals surface area contributed by atoms with Crippen LogP contribution in [0.3, 0.4) is 0 Å². The molecule has 1 aromatic heterocycles. The third kappa shape index (κ3) is 5.21. The Morgan fingerprint density at radius 1 is 1.16 bits per heavy atom. The summed E-state index contributed by atoms with van der Waals surface area (Å²) in [5.74, 6) is 0.563. The first-order valence-corrected chi connectivity index (χ1v) is 10.4. The molecule has 0 saturated carbocycles. The first-order chi connectivity index (χ1) is 14.8. The molecule has 32 heavy (non-hydrogen) atoms. The van der Waals surface area contributed by atoms with Gasteiger partial charge in [0.2, 0.25) is 0 Å². The van der Waals surface area contributed by atoms with E-state index in [1.165, 1.54) is 41.5 Å². The maximum absolute atomic E-state index is 13.5. The standard InChI is InChI=1S/C20H21ClN4O5S.ClH/c1-23(2)9-10-24(19(26)13-11-12(21)5-6-14(13)25(27)28)20-22-17-15(29-3)7-8-16(30-4)18(17)31-20;/h5-8,11H,9-10H2,1-4H3;1H. The Morgan fingerprint density at radius 3 is 2.41 bits per heavy atom. The lowest BCUT2D eigenvalue weighted by atomic mass is 10.1.